The molecule has 39 heavy (non-hydrogen) atoms. The molecule has 2 amide bonds. The number of carbonyl (C=O) groups excluding carboxylic acids is 2. The van der Waals surface area contributed by atoms with Crippen LogP contribution in [-0.4, -0.2) is 28.3 Å². The molecule has 2 fully saturated rings. The summed E-state index contributed by atoms with van der Waals surface area (Å²) in [5.74, 6) is 1.05. The molecule has 3 aromatic carbocycles. The van der Waals surface area contributed by atoms with Gasteiger partial charge in [-0.2, -0.15) is 0 Å². The van der Waals surface area contributed by atoms with Crippen LogP contribution in [0.1, 0.15) is 65.5 Å². The first-order valence-electron chi connectivity index (χ1n) is 14.7. The number of amides is 2. The SMILES string of the molecule is Cc1cc(C)c(NC(=O)[C@]2(N(C(=O)Cc3ccccc3)C3CC3)CC[C@@H]3Cc4ccccc4C[C@@H]3C2)c(C)c1. The summed E-state index contributed by atoms with van der Waals surface area (Å²) in [7, 11) is 0. The van der Waals surface area contributed by atoms with E-state index in [1.54, 1.807) is 0 Å². The maximum atomic E-state index is 14.6. The molecule has 202 valence electrons. The second kappa shape index (κ2) is 10.3. The van der Waals surface area contributed by atoms with Crippen molar-refractivity contribution in [3.8, 4) is 0 Å². The van der Waals surface area contributed by atoms with Crippen molar-refractivity contribution in [2.45, 2.75) is 83.7 Å². The average molecular weight is 521 g/mol. The van der Waals surface area contributed by atoms with Gasteiger partial charge in [-0.05, 0) is 105 Å². The highest BCUT2D eigenvalue weighted by Gasteiger charge is 2.55. The first-order valence-corrected chi connectivity index (χ1v) is 14.7. The van der Waals surface area contributed by atoms with Crippen LogP contribution in [0.5, 0.6) is 0 Å². The molecule has 3 aromatic rings. The normalized spacial score (nSPS) is 23.9. The van der Waals surface area contributed by atoms with Crippen molar-refractivity contribution >= 4 is 17.5 Å². The molecule has 4 nitrogen and oxygen atoms in total. The van der Waals surface area contributed by atoms with Crippen molar-refractivity contribution in [3.63, 3.8) is 0 Å². The zero-order valence-corrected chi connectivity index (χ0v) is 23.5. The van der Waals surface area contributed by atoms with Gasteiger partial charge in [0.2, 0.25) is 11.8 Å². The van der Waals surface area contributed by atoms with Gasteiger partial charge in [-0.1, -0.05) is 72.3 Å². The van der Waals surface area contributed by atoms with Gasteiger partial charge >= 0.3 is 0 Å². The number of carbonyl (C=O) groups is 2. The number of anilines is 1. The molecule has 0 saturated heterocycles. The minimum Gasteiger partial charge on any atom is -0.325 e. The van der Waals surface area contributed by atoms with Gasteiger partial charge < -0.3 is 10.2 Å². The number of hydrogen-bond acceptors (Lipinski definition) is 2. The van der Waals surface area contributed by atoms with Crippen LogP contribution in [0, 0.1) is 32.6 Å². The van der Waals surface area contributed by atoms with Crippen molar-refractivity contribution < 1.29 is 9.59 Å². The van der Waals surface area contributed by atoms with Crippen LogP contribution in [0.3, 0.4) is 0 Å². The predicted octanol–water partition coefficient (Wildman–Crippen LogP) is 6.74. The lowest BCUT2D eigenvalue weighted by Crippen LogP contribution is -2.63. The number of hydrogen-bond donors (Lipinski definition) is 1. The van der Waals surface area contributed by atoms with Crippen LogP contribution in [0.15, 0.2) is 66.7 Å². The summed E-state index contributed by atoms with van der Waals surface area (Å²) in [4.78, 5) is 30.8. The topological polar surface area (TPSA) is 49.4 Å². The van der Waals surface area contributed by atoms with Gasteiger partial charge in [-0.3, -0.25) is 9.59 Å². The molecule has 1 N–H and O–H groups in total. The lowest BCUT2D eigenvalue weighted by Gasteiger charge is -2.51. The van der Waals surface area contributed by atoms with Crippen LogP contribution in [0.4, 0.5) is 5.69 Å². The van der Waals surface area contributed by atoms with Crippen molar-refractivity contribution in [3.05, 3.63) is 100 Å². The maximum absolute atomic E-state index is 14.6. The summed E-state index contributed by atoms with van der Waals surface area (Å²) < 4.78 is 0. The zero-order chi connectivity index (χ0) is 27.1. The van der Waals surface area contributed by atoms with E-state index in [2.05, 4.69) is 67.4 Å². The molecule has 0 unspecified atom stereocenters. The zero-order valence-electron chi connectivity index (χ0n) is 23.5. The third kappa shape index (κ3) is 5.02. The molecular formula is C35H40N2O2. The van der Waals surface area contributed by atoms with Gasteiger partial charge in [-0.15, -0.1) is 0 Å². The average Bonchev–Trinajstić information content (AvgIpc) is 3.75. The Labute approximate surface area is 232 Å². The fourth-order valence-electron chi connectivity index (χ4n) is 7.51. The smallest absolute Gasteiger partial charge is 0.250 e. The molecule has 6 rings (SSSR count). The molecule has 0 bridgehead atoms. The number of nitrogens with zero attached hydrogens (tertiary/aromatic N) is 1. The Bertz CT molecular complexity index is 1370. The summed E-state index contributed by atoms with van der Waals surface area (Å²) in [6.07, 6.45) is 6.80. The molecule has 0 heterocycles. The van der Waals surface area contributed by atoms with Crippen LogP contribution >= 0.6 is 0 Å². The van der Waals surface area contributed by atoms with E-state index < -0.39 is 5.54 Å². The highest BCUT2D eigenvalue weighted by molar-refractivity contribution is 6.02. The minimum absolute atomic E-state index is 0.00294. The lowest BCUT2D eigenvalue weighted by atomic mass is 9.62. The Morgan fingerprint density at radius 1 is 0.846 bits per heavy atom. The van der Waals surface area contributed by atoms with Gasteiger partial charge in [0.05, 0.1) is 6.42 Å². The number of aryl methyl sites for hydroxylation is 3. The molecule has 0 radical (unpaired) electrons. The first-order chi connectivity index (χ1) is 18.8. The number of rotatable bonds is 6. The van der Waals surface area contributed by atoms with E-state index in [0.29, 0.717) is 18.3 Å². The third-order valence-electron chi connectivity index (χ3n) is 9.46. The van der Waals surface area contributed by atoms with E-state index in [4.69, 9.17) is 0 Å². The Balaban J connectivity index is 1.37. The largest absolute Gasteiger partial charge is 0.325 e. The van der Waals surface area contributed by atoms with Crippen LogP contribution in [0.25, 0.3) is 0 Å². The van der Waals surface area contributed by atoms with Gasteiger partial charge in [0.15, 0.2) is 0 Å². The van der Waals surface area contributed by atoms with Gasteiger partial charge in [0.1, 0.15) is 5.54 Å². The second-order valence-corrected chi connectivity index (χ2v) is 12.4. The molecule has 3 aliphatic carbocycles. The Kier molecular flexibility index (Phi) is 6.82. The van der Waals surface area contributed by atoms with E-state index in [1.807, 2.05) is 30.3 Å². The predicted molar refractivity (Wildman–Crippen MR) is 157 cm³/mol. The van der Waals surface area contributed by atoms with E-state index in [0.717, 1.165) is 67.3 Å². The lowest BCUT2D eigenvalue weighted by molar-refractivity contribution is -0.150. The number of fused-ring (bicyclic) bond motifs is 2. The second-order valence-electron chi connectivity index (χ2n) is 12.4. The fourth-order valence-corrected chi connectivity index (χ4v) is 7.51. The van der Waals surface area contributed by atoms with Crippen molar-refractivity contribution in [2.75, 3.05) is 5.32 Å². The Hall–Kier alpha value is -3.40. The highest BCUT2D eigenvalue weighted by Crippen LogP contribution is 2.49. The van der Waals surface area contributed by atoms with E-state index in [1.165, 1.54) is 16.7 Å². The monoisotopic (exact) mass is 520 g/mol. The standard InChI is InChI=1S/C35H40N2O2/c1-23-17-24(2)33(25(3)18-23)36-34(39)35(37(31-13-14-31)32(38)19-26-9-5-4-6-10-26)16-15-29-20-27-11-7-8-12-28(27)21-30(29)22-35/h4-12,17-18,29-31H,13-16,19-22H2,1-3H3,(H,36,39)/t29-,30-,35+/m1/s1. The van der Waals surface area contributed by atoms with Gasteiger partial charge in [0, 0.05) is 11.7 Å². The van der Waals surface area contributed by atoms with E-state index in [-0.39, 0.29) is 17.9 Å². The molecule has 4 heteroatoms. The summed E-state index contributed by atoms with van der Waals surface area (Å²) in [5.41, 5.74) is 7.28. The summed E-state index contributed by atoms with van der Waals surface area (Å²) >= 11 is 0. The fraction of sp³-hybridized carbons (Fsp3) is 0.429. The van der Waals surface area contributed by atoms with Gasteiger partial charge in [-0.25, -0.2) is 0 Å². The number of benzene rings is 3. The molecule has 3 atom stereocenters. The first kappa shape index (κ1) is 25.9. The van der Waals surface area contributed by atoms with Crippen LogP contribution < -0.4 is 5.32 Å². The van der Waals surface area contributed by atoms with Gasteiger partial charge in [0.25, 0.3) is 0 Å². The quantitative estimate of drug-likeness (QED) is 0.391. The molecule has 0 spiro atoms. The summed E-state index contributed by atoms with van der Waals surface area (Å²) in [6.45, 7) is 6.22. The van der Waals surface area contributed by atoms with Crippen molar-refractivity contribution in [2.24, 2.45) is 11.8 Å². The molecule has 0 aromatic heterocycles. The summed E-state index contributed by atoms with van der Waals surface area (Å²) in [5, 5.41) is 3.38. The molecule has 0 aliphatic heterocycles. The maximum Gasteiger partial charge on any atom is 0.250 e. The van der Waals surface area contributed by atoms with Crippen LogP contribution in [0.2, 0.25) is 0 Å². The molecule has 3 aliphatic rings. The highest BCUT2D eigenvalue weighted by atomic mass is 16.2. The Morgan fingerprint density at radius 3 is 2.10 bits per heavy atom. The Morgan fingerprint density at radius 2 is 1.46 bits per heavy atom. The van der Waals surface area contributed by atoms with Crippen molar-refractivity contribution in [1.82, 2.24) is 4.90 Å². The minimum atomic E-state index is -0.829. The van der Waals surface area contributed by atoms with E-state index in [9.17, 15) is 9.59 Å². The van der Waals surface area contributed by atoms with Crippen LogP contribution in [-0.2, 0) is 28.9 Å². The molecular weight excluding hydrogens is 480 g/mol. The molecule has 2 saturated carbocycles. The van der Waals surface area contributed by atoms with E-state index >= 15 is 0 Å². The van der Waals surface area contributed by atoms with Crippen molar-refractivity contribution in [1.29, 1.82) is 0 Å². The number of nitrogens with one attached hydrogen (secondary N) is 1. The third-order valence-corrected chi connectivity index (χ3v) is 9.46. The summed E-state index contributed by atoms with van der Waals surface area (Å²) in [6, 6.07) is 23.2.